The molecule has 1 heterocycles. The molecular weight excluding hydrogens is 407 g/mol. The van der Waals surface area contributed by atoms with E-state index >= 15 is 0 Å². The van der Waals surface area contributed by atoms with E-state index in [9.17, 15) is 14.0 Å². The normalized spacial score (nSPS) is 10.7. The predicted octanol–water partition coefficient (Wildman–Crippen LogP) is 4.13. The minimum Gasteiger partial charge on any atom is -0.479 e. The zero-order valence-electron chi connectivity index (χ0n) is 13.8. The highest BCUT2D eigenvalue weighted by Gasteiger charge is 2.11. The Kier molecular flexibility index (Phi) is 5.37. The number of fused-ring (bicyclic) bond motifs is 1. The number of hydrogen-bond donors (Lipinski definition) is 0. The van der Waals surface area contributed by atoms with E-state index in [1.807, 2.05) is 13.0 Å². The lowest BCUT2D eigenvalue weighted by molar-refractivity contribution is -0.147. The Morgan fingerprint density at radius 2 is 2.00 bits per heavy atom. The van der Waals surface area contributed by atoms with E-state index < -0.39 is 24.0 Å². The first-order valence-electron chi connectivity index (χ1n) is 7.69. The van der Waals surface area contributed by atoms with Crippen LogP contribution in [-0.4, -0.2) is 12.6 Å². The Balaban J connectivity index is 1.66. The molecule has 0 N–H and O–H groups in total. The molecule has 1 aromatic heterocycles. The molecule has 3 rings (SSSR count). The SMILES string of the molecule is Cc1ccc2c(COC(=O)COc3ccc(Br)cc3F)cc(=O)oc2c1. The first-order chi connectivity index (χ1) is 12.4. The van der Waals surface area contributed by atoms with Crippen LogP contribution in [0.3, 0.4) is 0 Å². The van der Waals surface area contributed by atoms with Crippen molar-refractivity contribution in [3.05, 3.63) is 74.3 Å². The number of halogens is 2. The zero-order chi connectivity index (χ0) is 18.7. The number of hydrogen-bond acceptors (Lipinski definition) is 5. The highest BCUT2D eigenvalue weighted by Crippen LogP contribution is 2.22. The number of benzene rings is 2. The summed E-state index contributed by atoms with van der Waals surface area (Å²) in [4.78, 5) is 23.5. The van der Waals surface area contributed by atoms with Gasteiger partial charge in [0.2, 0.25) is 0 Å². The minimum absolute atomic E-state index is 0.0496. The summed E-state index contributed by atoms with van der Waals surface area (Å²) < 4.78 is 29.6. The molecule has 0 aliphatic rings. The monoisotopic (exact) mass is 420 g/mol. The van der Waals surface area contributed by atoms with E-state index in [0.717, 1.165) is 5.56 Å². The second-order valence-corrected chi connectivity index (χ2v) is 6.53. The molecule has 0 radical (unpaired) electrons. The van der Waals surface area contributed by atoms with Gasteiger partial charge in [0.05, 0.1) is 0 Å². The van der Waals surface area contributed by atoms with E-state index in [1.165, 1.54) is 18.2 Å². The molecule has 2 aromatic carbocycles. The minimum atomic E-state index is -0.680. The van der Waals surface area contributed by atoms with Crippen LogP contribution in [0.1, 0.15) is 11.1 Å². The summed E-state index contributed by atoms with van der Waals surface area (Å²) in [5.41, 5.74) is 1.37. The average Bonchev–Trinajstić information content (AvgIpc) is 2.58. The number of ether oxygens (including phenoxy) is 2. The summed E-state index contributed by atoms with van der Waals surface area (Å²) in [6.45, 7) is 1.32. The van der Waals surface area contributed by atoms with Crippen molar-refractivity contribution in [2.45, 2.75) is 13.5 Å². The quantitative estimate of drug-likeness (QED) is 0.458. The number of carbonyl (C=O) groups excluding carboxylic acids is 1. The molecule has 0 bridgehead atoms. The van der Waals surface area contributed by atoms with Crippen molar-refractivity contribution in [2.75, 3.05) is 6.61 Å². The van der Waals surface area contributed by atoms with Crippen molar-refractivity contribution in [1.82, 2.24) is 0 Å². The average molecular weight is 421 g/mol. The summed E-state index contributed by atoms with van der Waals surface area (Å²) in [5, 5.41) is 0.683. The van der Waals surface area contributed by atoms with Crippen molar-refractivity contribution < 1.29 is 23.1 Å². The summed E-state index contributed by atoms with van der Waals surface area (Å²) in [6.07, 6.45) is 0. The molecule has 0 atom stereocenters. The van der Waals surface area contributed by atoms with Gasteiger partial charge in [0.1, 0.15) is 12.2 Å². The first kappa shape index (κ1) is 18.1. The van der Waals surface area contributed by atoms with Crippen LogP contribution in [0.15, 0.2) is 56.1 Å². The van der Waals surface area contributed by atoms with Gasteiger partial charge >= 0.3 is 11.6 Å². The van der Waals surface area contributed by atoms with E-state index in [4.69, 9.17) is 13.9 Å². The Hall–Kier alpha value is -2.67. The molecular formula is C19H14BrFO5. The van der Waals surface area contributed by atoms with Crippen LogP contribution in [0.25, 0.3) is 11.0 Å². The molecule has 0 fully saturated rings. The molecule has 0 saturated heterocycles. The molecule has 0 unspecified atom stereocenters. The van der Waals surface area contributed by atoms with E-state index in [0.29, 0.717) is 21.0 Å². The molecule has 0 aliphatic carbocycles. The van der Waals surface area contributed by atoms with Crippen LogP contribution in [0, 0.1) is 12.7 Å². The molecule has 0 amide bonds. The summed E-state index contributed by atoms with van der Waals surface area (Å²) in [7, 11) is 0. The molecule has 0 saturated carbocycles. The van der Waals surface area contributed by atoms with Gasteiger partial charge in [0.25, 0.3) is 0 Å². The lowest BCUT2D eigenvalue weighted by Gasteiger charge is -2.09. The number of carbonyl (C=O) groups is 1. The Bertz CT molecular complexity index is 1030. The Labute approximate surface area is 156 Å². The molecule has 5 nitrogen and oxygen atoms in total. The number of aryl methyl sites for hydroxylation is 1. The number of esters is 1. The number of rotatable bonds is 5. The highest BCUT2D eigenvalue weighted by molar-refractivity contribution is 9.10. The van der Waals surface area contributed by atoms with Crippen LogP contribution >= 0.6 is 15.9 Å². The van der Waals surface area contributed by atoms with Crippen molar-refractivity contribution in [1.29, 1.82) is 0 Å². The zero-order valence-corrected chi connectivity index (χ0v) is 15.3. The fourth-order valence-electron chi connectivity index (χ4n) is 2.39. The van der Waals surface area contributed by atoms with Crippen molar-refractivity contribution >= 4 is 32.9 Å². The summed E-state index contributed by atoms with van der Waals surface area (Å²) in [6, 6.07) is 10.9. The van der Waals surface area contributed by atoms with E-state index in [2.05, 4.69) is 15.9 Å². The highest BCUT2D eigenvalue weighted by atomic mass is 79.9. The maximum Gasteiger partial charge on any atom is 0.344 e. The van der Waals surface area contributed by atoms with Gasteiger partial charge in [-0.2, -0.15) is 0 Å². The Morgan fingerprint density at radius 3 is 2.77 bits per heavy atom. The van der Waals surface area contributed by atoms with E-state index in [-0.39, 0.29) is 12.4 Å². The maximum atomic E-state index is 13.7. The van der Waals surface area contributed by atoms with Crippen molar-refractivity contribution in [3.8, 4) is 5.75 Å². The van der Waals surface area contributed by atoms with Crippen LogP contribution in [-0.2, 0) is 16.1 Å². The molecule has 0 spiro atoms. The lowest BCUT2D eigenvalue weighted by atomic mass is 10.1. The van der Waals surface area contributed by atoms with Crippen LogP contribution in [0.5, 0.6) is 5.75 Å². The van der Waals surface area contributed by atoms with Gasteiger partial charge in [-0.05, 0) is 36.8 Å². The molecule has 7 heteroatoms. The van der Waals surface area contributed by atoms with Gasteiger partial charge < -0.3 is 13.9 Å². The first-order valence-corrected chi connectivity index (χ1v) is 8.48. The van der Waals surface area contributed by atoms with Crippen molar-refractivity contribution in [3.63, 3.8) is 0 Å². The Morgan fingerprint density at radius 1 is 1.19 bits per heavy atom. The van der Waals surface area contributed by atoms with Gasteiger partial charge in [0.15, 0.2) is 18.2 Å². The lowest BCUT2D eigenvalue weighted by Crippen LogP contribution is -2.16. The second kappa shape index (κ2) is 7.70. The molecule has 134 valence electrons. The van der Waals surface area contributed by atoms with Gasteiger partial charge in [-0.25, -0.2) is 14.0 Å². The van der Waals surface area contributed by atoms with Gasteiger partial charge in [-0.3, -0.25) is 0 Å². The third kappa shape index (κ3) is 4.29. The molecule has 26 heavy (non-hydrogen) atoms. The van der Waals surface area contributed by atoms with E-state index in [1.54, 1.807) is 18.2 Å². The summed E-state index contributed by atoms with van der Waals surface area (Å²) in [5.74, 6) is -1.32. The predicted molar refractivity (Wildman–Crippen MR) is 96.6 cm³/mol. The topological polar surface area (TPSA) is 65.7 Å². The smallest absolute Gasteiger partial charge is 0.344 e. The fourth-order valence-corrected chi connectivity index (χ4v) is 2.72. The van der Waals surface area contributed by atoms with Crippen LogP contribution in [0.2, 0.25) is 0 Å². The largest absolute Gasteiger partial charge is 0.479 e. The van der Waals surface area contributed by atoms with Crippen LogP contribution in [0.4, 0.5) is 4.39 Å². The third-order valence-corrected chi connectivity index (χ3v) is 4.11. The van der Waals surface area contributed by atoms with Crippen LogP contribution < -0.4 is 10.4 Å². The van der Waals surface area contributed by atoms with Crippen molar-refractivity contribution in [2.24, 2.45) is 0 Å². The molecule has 3 aromatic rings. The van der Waals surface area contributed by atoms with Gasteiger partial charge in [-0.1, -0.05) is 28.1 Å². The van der Waals surface area contributed by atoms with Gasteiger partial charge in [-0.15, -0.1) is 0 Å². The fraction of sp³-hybridized carbons (Fsp3) is 0.158. The third-order valence-electron chi connectivity index (χ3n) is 3.61. The summed E-state index contributed by atoms with van der Waals surface area (Å²) >= 11 is 3.14. The maximum absolute atomic E-state index is 13.7. The standard InChI is InChI=1S/C19H14BrFO5/c1-11-2-4-14-12(7-18(22)26-17(14)6-11)9-25-19(23)10-24-16-5-3-13(20)8-15(16)21/h2-8H,9-10H2,1H3. The second-order valence-electron chi connectivity index (χ2n) is 5.61. The van der Waals surface area contributed by atoms with Gasteiger partial charge in [0, 0.05) is 21.5 Å². The molecule has 0 aliphatic heterocycles.